The quantitative estimate of drug-likeness (QED) is 0.235. The standard InChI is InChI=1S/C35H22N2S/c1-3-11-23(12-4-1)25-19-26(24-13-5-2-6-14-24)21-27(20-25)37-32-17-9-7-15-28(32)30-22-31-29-16-8-10-18-33(29)38-35(31)36-34(30)37/h1-22H. The van der Waals surface area contributed by atoms with Crippen LogP contribution >= 0.6 is 11.3 Å². The lowest BCUT2D eigenvalue weighted by Gasteiger charge is -2.13. The minimum atomic E-state index is 0.995. The van der Waals surface area contributed by atoms with Gasteiger partial charge in [-0.2, -0.15) is 0 Å². The summed E-state index contributed by atoms with van der Waals surface area (Å²) in [7, 11) is 0. The lowest BCUT2D eigenvalue weighted by atomic mass is 9.98. The number of fused-ring (bicyclic) bond motifs is 6. The van der Waals surface area contributed by atoms with Gasteiger partial charge in [-0.05, 0) is 58.7 Å². The molecule has 0 saturated heterocycles. The molecule has 0 saturated carbocycles. The maximum absolute atomic E-state index is 5.31. The Morgan fingerprint density at radius 3 is 1.79 bits per heavy atom. The molecule has 0 unspecified atom stereocenters. The Morgan fingerprint density at radius 1 is 0.474 bits per heavy atom. The third-order valence-corrected chi connectivity index (χ3v) is 8.47. The normalized spacial score (nSPS) is 11.7. The lowest BCUT2D eigenvalue weighted by Crippen LogP contribution is -1.97. The van der Waals surface area contributed by atoms with Crippen molar-refractivity contribution >= 4 is 53.6 Å². The van der Waals surface area contributed by atoms with E-state index in [0.29, 0.717) is 0 Å². The van der Waals surface area contributed by atoms with Gasteiger partial charge in [0.2, 0.25) is 0 Å². The Hall–Kier alpha value is -4.73. The molecule has 3 aromatic heterocycles. The molecular weight excluding hydrogens is 480 g/mol. The summed E-state index contributed by atoms with van der Waals surface area (Å²) in [4.78, 5) is 6.39. The van der Waals surface area contributed by atoms with Crippen LogP contribution in [-0.2, 0) is 0 Å². The molecule has 0 N–H and O–H groups in total. The van der Waals surface area contributed by atoms with Crippen molar-refractivity contribution in [1.29, 1.82) is 0 Å². The highest BCUT2D eigenvalue weighted by Crippen LogP contribution is 2.39. The zero-order valence-corrected chi connectivity index (χ0v) is 21.3. The topological polar surface area (TPSA) is 17.8 Å². The molecule has 3 heterocycles. The lowest BCUT2D eigenvalue weighted by molar-refractivity contribution is 1.15. The number of pyridine rings is 1. The van der Waals surface area contributed by atoms with Crippen LogP contribution in [0, 0.1) is 0 Å². The van der Waals surface area contributed by atoms with Crippen molar-refractivity contribution in [2.75, 3.05) is 0 Å². The van der Waals surface area contributed by atoms with Gasteiger partial charge >= 0.3 is 0 Å². The first-order valence-electron chi connectivity index (χ1n) is 12.8. The van der Waals surface area contributed by atoms with Crippen LogP contribution in [0.1, 0.15) is 0 Å². The van der Waals surface area contributed by atoms with Crippen LogP contribution in [0.5, 0.6) is 0 Å². The SMILES string of the molecule is c1ccc(-c2cc(-c3ccccc3)cc(-n3c4ccccc4c4cc5c(nc43)sc3ccccc35)c2)cc1. The number of para-hydroxylation sites is 1. The Bertz CT molecular complexity index is 2060. The van der Waals surface area contributed by atoms with E-state index in [0.717, 1.165) is 16.2 Å². The van der Waals surface area contributed by atoms with E-state index in [9.17, 15) is 0 Å². The number of hydrogen-bond donors (Lipinski definition) is 0. The van der Waals surface area contributed by atoms with E-state index in [-0.39, 0.29) is 0 Å². The van der Waals surface area contributed by atoms with Crippen molar-refractivity contribution in [3.05, 3.63) is 133 Å². The minimum Gasteiger partial charge on any atom is -0.294 e. The fraction of sp³-hybridized carbons (Fsp3) is 0. The minimum absolute atomic E-state index is 0.995. The summed E-state index contributed by atoms with van der Waals surface area (Å²) in [6.07, 6.45) is 0. The van der Waals surface area contributed by atoms with E-state index in [1.165, 1.54) is 54.0 Å². The smallest absolute Gasteiger partial charge is 0.147 e. The fourth-order valence-electron chi connectivity index (χ4n) is 5.62. The molecule has 0 radical (unpaired) electrons. The molecule has 8 aromatic rings. The van der Waals surface area contributed by atoms with Gasteiger partial charge in [0.05, 0.1) is 5.52 Å². The predicted molar refractivity (Wildman–Crippen MR) is 162 cm³/mol. The van der Waals surface area contributed by atoms with Crippen molar-refractivity contribution in [2.45, 2.75) is 0 Å². The Kier molecular flexibility index (Phi) is 4.73. The van der Waals surface area contributed by atoms with Crippen LogP contribution in [0.4, 0.5) is 0 Å². The number of aromatic nitrogens is 2. The molecule has 38 heavy (non-hydrogen) atoms. The molecule has 0 bridgehead atoms. The second-order valence-corrected chi connectivity index (χ2v) is 10.7. The molecule has 0 aliphatic heterocycles. The van der Waals surface area contributed by atoms with Gasteiger partial charge in [-0.25, -0.2) is 4.98 Å². The number of thiophene rings is 1. The molecule has 178 valence electrons. The number of nitrogens with zero attached hydrogens (tertiary/aromatic N) is 2. The van der Waals surface area contributed by atoms with Crippen molar-refractivity contribution in [2.24, 2.45) is 0 Å². The first-order valence-corrected chi connectivity index (χ1v) is 13.6. The van der Waals surface area contributed by atoms with Gasteiger partial charge in [0, 0.05) is 31.9 Å². The molecule has 0 atom stereocenters. The van der Waals surface area contributed by atoms with E-state index in [1.54, 1.807) is 11.3 Å². The fourth-order valence-corrected chi connectivity index (χ4v) is 6.67. The second-order valence-electron chi connectivity index (χ2n) is 9.66. The van der Waals surface area contributed by atoms with Crippen molar-refractivity contribution in [1.82, 2.24) is 9.55 Å². The Labute approximate surface area is 224 Å². The van der Waals surface area contributed by atoms with Crippen LogP contribution in [0.15, 0.2) is 133 Å². The summed E-state index contributed by atoms with van der Waals surface area (Å²) >= 11 is 1.77. The van der Waals surface area contributed by atoms with Crippen LogP contribution in [-0.4, -0.2) is 9.55 Å². The zero-order chi connectivity index (χ0) is 25.1. The highest BCUT2D eigenvalue weighted by atomic mass is 32.1. The van der Waals surface area contributed by atoms with E-state index in [4.69, 9.17) is 4.98 Å². The summed E-state index contributed by atoms with van der Waals surface area (Å²) in [6.45, 7) is 0. The molecule has 8 rings (SSSR count). The van der Waals surface area contributed by atoms with Gasteiger partial charge in [-0.3, -0.25) is 4.57 Å². The summed E-state index contributed by atoms with van der Waals surface area (Å²) in [5, 5.41) is 4.90. The van der Waals surface area contributed by atoms with Crippen LogP contribution in [0.3, 0.4) is 0 Å². The molecule has 0 spiro atoms. The van der Waals surface area contributed by atoms with Gasteiger partial charge in [0.1, 0.15) is 10.5 Å². The molecular formula is C35H22N2S. The first kappa shape index (κ1) is 21.4. The molecule has 0 aliphatic carbocycles. The van der Waals surface area contributed by atoms with Crippen molar-refractivity contribution in [3.63, 3.8) is 0 Å². The summed E-state index contributed by atoms with van der Waals surface area (Å²) in [6, 6.07) is 47.8. The Morgan fingerprint density at radius 2 is 1.08 bits per heavy atom. The van der Waals surface area contributed by atoms with Gasteiger partial charge < -0.3 is 0 Å². The van der Waals surface area contributed by atoms with E-state index in [2.05, 4.69) is 138 Å². The molecule has 0 amide bonds. The highest BCUT2D eigenvalue weighted by Gasteiger charge is 2.18. The van der Waals surface area contributed by atoms with Crippen molar-refractivity contribution < 1.29 is 0 Å². The molecule has 5 aromatic carbocycles. The van der Waals surface area contributed by atoms with Crippen LogP contribution < -0.4 is 0 Å². The first-order chi connectivity index (χ1) is 18.8. The zero-order valence-electron chi connectivity index (χ0n) is 20.5. The largest absolute Gasteiger partial charge is 0.294 e. The molecule has 0 aliphatic rings. The average Bonchev–Trinajstić information content (AvgIpc) is 3.51. The van der Waals surface area contributed by atoms with Crippen molar-refractivity contribution in [3.8, 4) is 27.9 Å². The number of benzene rings is 5. The van der Waals surface area contributed by atoms with Gasteiger partial charge in [0.15, 0.2) is 0 Å². The third kappa shape index (κ3) is 3.29. The van der Waals surface area contributed by atoms with E-state index < -0.39 is 0 Å². The second kappa shape index (κ2) is 8.41. The average molecular weight is 503 g/mol. The Balaban J connectivity index is 1.48. The maximum atomic E-state index is 5.31. The summed E-state index contributed by atoms with van der Waals surface area (Å²) in [5.74, 6) is 0. The molecule has 0 fully saturated rings. The van der Waals surface area contributed by atoms with E-state index >= 15 is 0 Å². The monoisotopic (exact) mass is 502 g/mol. The number of rotatable bonds is 3. The van der Waals surface area contributed by atoms with Gasteiger partial charge in [-0.1, -0.05) is 97.1 Å². The summed E-state index contributed by atoms with van der Waals surface area (Å²) < 4.78 is 3.61. The maximum Gasteiger partial charge on any atom is 0.147 e. The van der Waals surface area contributed by atoms with Crippen LogP contribution in [0.25, 0.3) is 70.2 Å². The molecule has 2 nitrogen and oxygen atoms in total. The summed E-state index contributed by atoms with van der Waals surface area (Å²) in [5.41, 5.74) is 8.06. The molecule has 3 heteroatoms. The van der Waals surface area contributed by atoms with Crippen LogP contribution in [0.2, 0.25) is 0 Å². The van der Waals surface area contributed by atoms with Gasteiger partial charge in [-0.15, -0.1) is 11.3 Å². The third-order valence-electron chi connectivity index (χ3n) is 7.39. The predicted octanol–water partition coefficient (Wildman–Crippen LogP) is 9.88. The highest BCUT2D eigenvalue weighted by molar-refractivity contribution is 7.25. The van der Waals surface area contributed by atoms with Gasteiger partial charge in [0.25, 0.3) is 0 Å². The van der Waals surface area contributed by atoms with E-state index in [1.807, 2.05) is 0 Å². The number of hydrogen-bond acceptors (Lipinski definition) is 2.